The van der Waals surface area contributed by atoms with Crippen LogP contribution < -0.4 is 14.2 Å². The van der Waals surface area contributed by atoms with E-state index in [9.17, 15) is 12.8 Å². The lowest BCUT2D eigenvalue weighted by Gasteiger charge is -2.12. The Morgan fingerprint density at radius 2 is 1.64 bits per heavy atom. The smallest absolute Gasteiger partial charge is 0.263 e. The quantitative estimate of drug-likeness (QED) is 0.903. The van der Waals surface area contributed by atoms with E-state index in [-0.39, 0.29) is 15.6 Å². The zero-order valence-electron chi connectivity index (χ0n) is 11.8. The first-order valence-electron chi connectivity index (χ1n) is 6.06. The van der Waals surface area contributed by atoms with Crippen LogP contribution in [0, 0.1) is 5.82 Å². The number of rotatable bonds is 5. The third-order valence-corrected chi connectivity index (χ3v) is 4.65. The first-order valence-corrected chi connectivity index (χ1v) is 7.93. The molecular formula is C14H13ClFNO4S. The molecule has 0 aliphatic carbocycles. The maximum atomic E-state index is 13.0. The highest BCUT2D eigenvalue weighted by molar-refractivity contribution is 7.92. The molecule has 0 heterocycles. The molecule has 0 aliphatic heterocycles. The minimum atomic E-state index is -3.97. The summed E-state index contributed by atoms with van der Waals surface area (Å²) in [5.41, 5.74) is 0.233. The highest BCUT2D eigenvalue weighted by Gasteiger charge is 2.19. The second-order valence-electron chi connectivity index (χ2n) is 4.28. The first-order chi connectivity index (χ1) is 10.4. The summed E-state index contributed by atoms with van der Waals surface area (Å²) in [6.45, 7) is 0. The van der Waals surface area contributed by atoms with E-state index < -0.39 is 15.8 Å². The SMILES string of the molecule is COc1cc(NS(=O)(=O)c2ccc(F)cc2Cl)cc(OC)c1. The molecule has 2 aromatic rings. The van der Waals surface area contributed by atoms with Crippen molar-refractivity contribution in [2.24, 2.45) is 0 Å². The van der Waals surface area contributed by atoms with Crippen LogP contribution in [0.2, 0.25) is 5.02 Å². The molecule has 8 heteroatoms. The Morgan fingerprint density at radius 3 is 2.14 bits per heavy atom. The van der Waals surface area contributed by atoms with Crippen LogP contribution >= 0.6 is 11.6 Å². The summed E-state index contributed by atoms with van der Waals surface area (Å²) >= 11 is 5.79. The standard InChI is InChI=1S/C14H13ClFNO4S/c1-20-11-6-10(7-12(8-11)21-2)17-22(18,19)14-4-3-9(16)5-13(14)15/h3-8,17H,1-2H3. The van der Waals surface area contributed by atoms with Crippen molar-refractivity contribution in [3.05, 3.63) is 47.2 Å². The number of sulfonamides is 1. The molecule has 0 radical (unpaired) electrons. The Kier molecular flexibility index (Phi) is 4.77. The van der Waals surface area contributed by atoms with Crippen LogP contribution in [-0.2, 0) is 10.0 Å². The lowest BCUT2D eigenvalue weighted by atomic mass is 10.3. The number of halogens is 2. The van der Waals surface area contributed by atoms with Crippen LogP contribution in [0.25, 0.3) is 0 Å². The maximum absolute atomic E-state index is 13.0. The van der Waals surface area contributed by atoms with Crippen molar-refractivity contribution in [2.45, 2.75) is 4.90 Å². The van der Waals surface area contributed by atoms with Gasteiger partial charge in [-0.05, 0) is 18.2 Å². The molecule has 0 aromatic heterocycles. The largest absolute Gasteiger partial charge is 0.497 e. The Morgan fingerprint density at radius 1 is 1.05 bits per heavy atom. The molecule has 5 nitrogen and oxygen atoms in total. The van der Waals surface area contributed by atoms with Gasteiger partial charge in [-0.15, -0.1) is 0 Å². The van der Waals surface area contributed by atoms with E-state index in [0.29, 0.717) is 11.5 Å². The van der Waals surface area contributed by atoms with Crippen molar-refractivity contribution in [3.63, 3.8) is 0 Å². The molecule has 118 valence electrons. The predicted molar refractivity (Wildman–Crippen MR) is 81.8 cm³/mol. The van der Waals surface area contributed by atoms with Crippen molar-refractivity contribution >= 4 is 27.3 Å². The third-order valence-electron chi connectivity index (χ3n) is 2.79. The van der Waals surface area contributed by atoms with Gasteiger partial charge >= 0.3 is 0 Å². The van der Waals surface area contributed by atoms with Crippen molar-refractivity contribution < 1.29 is 22.3 Å². The minimum Gasteiger partial charge on any atom is -0.497 e. The van der Waals surface area contributed by atoms with Gasteiger partial charge in [0.1, 0.15) is 22.2 Å². The fraction of sp³-hybridized carbons (Fsp3) is 0.143. The summed E-state index contributed by atoms with van der Waals surface area (Å²) in [4.78, 5) is -0.225. The Hall–Kier alpha value is -1.99. The zero-order chi connectivity index (χ0) is 16.3. The van der Waals surface area contributed by atoms with E-state index in [2.05, 4.69) is 4.72 Å². The second-order valence-corrected chi connectivity index (χ2v) is 6.34. The van der Waals surface area contributed by atoms with Crippen LogP contribution in [0.3, 0.4) is 0 Å². The summed E-state index contributed by atoms with van der Waals surface area (Å²) in [5, 5.41) is -0.206. The van der Waals surface area contributed by atoms with E-state index >= 15 is 0 Å². The lowest BCUT2D eigenvalue weighted by Crippen LogP contribution is -2.13. The number of nitrogens with one attached hydrogen (secondary N) is 1. The van der Waals surface area contributed by atoms with Crippen molar-refractivity contribution in [1.82, 2.24) is 0 Å². The normalized spacial score (nSPS) is 11.1. The summed E-state index contributed by atoms with van der Waals surface area (Å²) in [6, 6.07) is 7.62. The topological polar surface area (TPSA) is 64.6 Å². The van der Waals surface area contributed by atoms with E-state index in [1.807, 2.05) is 0 Å². The fourth-order valence-electron chi connectivity index (χ4n) is 1.77. The number of hydrogen-bond acceptors (Lipinski definition) is 4. The Balaban J connectivity index is 2.40. The van der Waals surface area contributed by atoms with Gasteiger partial charge in [0.25, 0.3) is 10.0 Å². The molecule has 1 N–H and O–H groups in total. The molecule has 0 spiro atoms. The van der Waals surface area contributed by atoms with Gasteiger partial charge < -0.3 is 9.47 Å². The molecule has 0 amide bonds. The van der Waals surface area contributed by atoms with Gasteiger partial charge in [-0.2, -0.15) is 0 Å². The summed E-state index contributed by atoms with van der Waals surface area (Å²) < 4.78 is 50.2. The summed E-state index contributed by atoms with van der Waals surface area (Å²) in [7, 11) is -1.07. The van der Waals surface area contributed by atoms with Crippen LogP contribution in [0.5, 0.6) is 11.5 Å². The van der Waals surface area contributed by atoms with Gasteiger partial charge in [0.2, 0.25) is 0 Å². The molecule has 0 bridgehead atoms. The molecular weight excluding hydrogens is 333 g/mol. The fourth-order valence-corrected chi connectivity index (χ4v) is 3.34. The molecule has 0 aliphatic rings. The summed E-state index contributed by atoms with van der Waals surface area (Å²) in [6.07, 6.45) is 0. The van der Waals surface area contributed by atoms with E-state index in [0.717, 1.165) is 18.2 Å². The van der Waals surface area contributed by atoms with Gasteiger partial charge in [-0.1, -0.05) is 11.6 Å². The Bertz CT molecular complexity index is 773. The van der Waals surface area contributed by atoms with Gasteiger partial charge in [-0.25, -0.2) is 12.8 Å². The molecule has 2 rings (SSSR count). The van der Waals surface area contributed by atoms with Crippen molar-refractivity contribution in [1.29, 1.82) is 0 Å². The monoisotopic (exact) mass is 345 g/mol. The third kappa shape index (κ3) is 3.61. The number of hydrogen-bond donors (Lipinski definition) is 1. The molecule has 22 heavy (non-hydrogen) atoms. The van der Waals surface area contributed by atoms with Gasteiger partial charge in [0.05, 0.1) is 24.9 Å². The Labute approximate surface area is 132 Å². The van der Waals surface area contributed by atoms with E-state index in [1.54, 1.807) is 6.07 Å². The maximum Gasteiger partial charge on any atom is 0.263 e. The molecule has 2 aromatic carbocycles. The number of benzene rings is 2. The number of methoxy groups -OCH3 is 2. The molecule has 0 saturated carbocycles. The zero-order valence-corrected chi connectivity index (χ0v) is 13.3. The van der Waals surface area contributed by atoms with Crippen molar-refractivity contribution in [3.8, 4) is 11.5 Å². The van der Waals surface area contributed by atoms with Gasteiger partial charge in [-0.3, -0.25) is 4.72 Å². The minimum absolute atomic E-state index is 0.206. The van der Waals surface area contributed by atoms with Crippen molar-refractivity contribution in [2.75, 3.05) is 18.9 Å². The molecule has 0 atom stereocenters. The molecule has 0 unspecified atom stereocenters. The first kappa shape index (κ1) is 16.4. The van der Waals surface area contributed by atoms with Gasteiger partial charge in [0.15, 0.2) is 0 Å². The predicted octanol–water partition coefficient (Wildman–Crippen LogP) is 3.30. The van der Waals surface area contributed by atoms with Crippen LogP contribution in [0.15, 0.2) is 41.3 Å². The van der Waals surface area contributed by atoms with E-state index in [4.69, 9.17) is 21.1 Å². The molecule has 0 saturated heterocycles. The highest BCUT2D eigenvalue weighted by Crippen LogP contribution is 2.29. The van der Waals surface area contributed by atoms with Gasteiger partial charge in [0, 0.05) is 18.2 Å². The average Bonchev–Trinajstić information content (AvgIpc) is 2.45. The van der Waals surface area contributed by atoms with E-state index in [1.165, 1.54) is 26.4 Å². The van der Waals surface area contributed by atoms with Crippen LogP contribution in [0.4, 0.5) is 10.1 Å². The van der Waals surface area contributed by atoms with Crippen LogP contribution in [0.1, 0.15) is 0 Å². The number of anilines is 1. The van der Waals surface area contributed by atoms with Crippen LogP contribution in [-0.4, -0.2) is 22.6 Å². The molecule has 0 fully saturated rings. The lowest BCUT2D eigenvalue weighted by molar-refractivity contribution is 0.395. The summed E-state index contributed by atoms with van der Waals surface area (Å²) in [5.74, 6) is 0.219. The average molecular weight is 346 g/mol. The number of ether oxygens (including phenoxy) is 2. The second kappa shape index (κ2) is 6.41. The highest BCUT2D eigenvalue weighted by atomic mass is 35.5.